The highest BCUT2D eigenvalue weighted by molar-refractivity contribution is 6.26. The second-order valence-electron chi connectivity index (χ2n) is 11.8. The van der Waals surface area contributed by atoms with E-state index in [0.29, 0.717) is 11.1 Å². The van der Waals surface area contributed by atoms with Crippen molar-refractivity contribution >= 4 is 70.9 Å². The van der Waals surface area contributed by atoms with Crippen molar-refractivity contribution in [3.63, 3.8) is 0 Å². The Kier molecular flexibility index (Phi) is 4.09. The van der Waals surface area contributed by atoms with Crippen LogP contribution < -0.4 is 0 Å². The van der Waals surface area contributed by atoms with Gasteiger partial charge in [-0.3, -0.25) is 0 Å². The average molecular weight is 685 g/mol. The number of furan rings is 1. The zero-order chi connectivity index (χ0) is 48.7. The van der Waals surface area contributed by atoms with Gasteiger partial charge < -0.3 is 8.98 Å². The lowest BCUT2D eigenvalue weighted by atomic mass is 10.0. The molecule has 10 aromatic rings. The van der Waals surface area contributed by atoms with Crippen molar-refractivity contribution in [3.8, 4) is 28.5 Å². The molecule has 5 heteroatoms. The molecule has 0 saturated heterocycles. The Hall–Kier alpha value is -6.85. The van der Waals surface area contributed by atoms with Crippen molar-refractivity contribution < 1.29 is 26.3 Å². The second-order valence-corrected chi connectivity index (χ2v) is 11.8. The number of allylic oxidation sites excluding steroid dienone is 4. The predicted molar refractivity (Wildman–Crippen MR) is 216 cm³/mol. The summed E-state index contributed by atoms with van der Waals surface area (Å²) < 4.78 is 152. The van der Waals surface area contributed by atoms with E-state index in [2.05, 4.69) is 0 Å². The maximum absolute atomic E-state index is 9.87. The third-order valence-corrected chi connectivity index (χ3v) is 8.91. The third kappa shape index (κ3) is 4.60. The molecule has 0 N–H and O–H groups in total. The van der Waals surface area contributed by atoms with E-state index < -0.39 is 96.7 Å². The lowest BCUT2D eigenvalue weighted by molar-refractivity contribution is 0.668. The molecule has 0 aliphatic carbocycles. The molecule has 3 aromatic heterocycles. The zero-order valence-electron chi connectivity index (χ0n) is 43.5. The Balaban J connectivity index is 1.40. The van der Waals surface area contributed by atoms with E-state index in [1.807, 2.05) is 38.1 Å². The van der Waals surface area contributed by atoms with E-state index in [1.165, 1.54) is 16.7 Å². The van der Waals surface area contributed by atoms with E-state index in [9.17, 15) is 8.22 Å². The van der Waals surface area contributed by atoms with Crippen molar-refractivity contribution in [3.05, 3.63) is 163 Å². The molecule has 52 heavy (non-hydrogen) atoms. The number of aromatic nitrogens is 4. The first kappa shape index (κ1) is 17.9. The van der Waals surface area contributed by atoms with Crippen LogP contribution >= 0.6 is 0 Å². The van der Waals surface area contributed by atoms with Crippen LogP contribution in [0.5, 0.6) is 0 Å². The largest absolute Gasteiger partial charge is 0.456 e. The fourth-order valence-electron chi connectivity index (χ4n) is 6.63. The summed E-state index contributed by atoms with van der Waals surface area (Å²) in [6.07, 6.45) is 5.41. The number of benzene rings is 7. The van der Waals surface area contributed by atoms with Crippen LogP contribution in [-0.4, -0.2) is 19.5 Å². The van der Waals surface area contributed by atoms with Crippen LogP contribution in [0.1, 0.15) is 41.6 Å². The third-order valence-electron chi connectivity index (χ3n) is 8.91. The number of fused-ring (bicyclic) bond motifs is 10. The van der Waals surface area contributed by atoms with Crippen molar-refractivity contribution in [2.75, 3.05) is 0 Å². The van der Waals surface area contributed by atoms with Gasteiger partial charge >= 0.3 is 0 Å². The lowest BCUT2D eigenvalue weighted by Crippen LogP contribution is -2.02. The number of nitrogens with zero attached hydrogens (tertiary/aromatic N) is 4. The fraction of sp³-hybridized carbons (Fsp3) is 0.0426. The van der Waals surface area contributed by atoms with E-state index in [1.54, 1.807) is 24.3 Å². The SMILES string of the molecule is [2H]c1c([2H])c(-c2nc(C(/C=C\C)=C/C)nc(-c3ccccc3)n2)c2c(oc3c([2H])c(-n4c5c([2H])c([2H])c6c([2H])c([2H])c([2H])c([2H])c6c5c5c([2H])c([2H])c6c([2H])c([2H])c([2H])c([2H])c6c54)ccc32)c1[2H]. The highest BCUT2D eigenvalue weighted by atomic mass is 16.3. The molecule has 0 aliphatic rings. The highest BCUT2D eigenvalue weighted by Crippen LogP contribution is 2.42. The maximum Gasteiger partial charge on any atom is 0.164 e. The summed E-state index contributed by atoms with van der Waals surface area (Å²) in [7, 11) is 0. The summed E-state index contributed by atoms with van der Waals surface area (Å²) >= 11 is 0. The van der Waals surface area contributed by atoms with Gasteiger partial charge in [-0.15, -0.1) is 0 Å². The molecule has 0 atom stereocenters. The minimum absolute atomic E-state index is 0.00256. The molecule has 0 saturated carbocycles. The maximum atomic E-state index is 9.87. The van der Waals surface area contributed by atoms with Gasteiger partial charge in [0.2, 0.25) is 0 Å². The number of hydrogen-bond acceptors (Lipinski definition) is 4. The van der Waals surface area contributed by atoms with Gasteiger partial charge in [-0.2, -0.15) is 0 Å². The monoisotopic (exact) mass is 684 g/mol. The quantitative estimate of drug-likeness (QED) is 0.169. The summed E-state index contributed by atoms with van der Waals surface area (Å²) in [5.74, 6) is 0.464. The first-order valence-electron chi connectivity index (χ1n) is 24.3. The number of hydrogen-bond donors (Lipinski definition) is 0. The first-order valence-corrected chi connectivity index (χ1v) is 16.3. The van der Waals surface area contributed by atoms with Gasteiger partial charge in [0.1, 0.15) is 11.2 Å². The number of rotatable bonds is 5. The second kappa shape index (κ2) is 11.9. The summed E-state index contributed by atoms with van der Waals surface area (Å²) in [5, 5.41) is -1.44. The van der Waals surface area contributed by atoms with Crippen molar-refractivity contribution in [1.82, 2.24) is 19.5 Å². The predicted octanol–water partition coefficient (Wildman–Crippen LogP) is 12.5. The summed E-state index contributed by atoms with van der Waals surface area (Å²) in [5.41, 5.74) is 0.207. The molecule has 5 nitrogen and oxygen atoms in total. The lowest BCUT2D eigenvalue weighted by Gasteiger charge is -2.10. The van der Waals surface area contributed by atoms with E-state index >= 15 is 0 Å². The van der Waals surface area contributed by atoms with Gasteiger partial charge in [-0.1, -0.05) is 127 Å². The van der Waals surface area contributed by atoms with Gasteiger partial charge in [0.05, 0.1) is 33.0 Å². The Morgan fingerprint density at radius 2 is 1.42 bits per heavy atom. The van der Waals surface area contributed by atoms with Gasteiger partial charge in [0.15, 0.2) is 17.5 Å². The van der Waals surface area contributed by atoms with Crippen molar-refractivity contribution in [2.45, 2.75) is 13.8 Å². The molecule has 10 rings (SSSR count). The van der Waals surface area contributed by atoms with Crippen molar-refractivity contribution in [2.24, 2.45) is 0 Å². The standard InChI is InChI=1S/C47H32N4O/c1-3-13-29(4-2)45-48-46(32-16-6-5-7-17-32)50-47(49-45)38-20-12-21-40-43(38)36-26-24-33(28-41(36)52-40)51-39-27-23-30-14-8-10-18-34(30)42(39)37-25-22-31-15-9-11-19-35(31)44(37)51/h3-28H,1-2H3/b13-3-,29-4+/i8D,9D,10D,11D,12D,14D,15D,18D,19D,20D,21D,22D,23D,25D,27D,28D. The zero-order valence-corrected chi connectivity index (χ0v) is 27.5. The Morgan fingerprint density at radius 3 is 2.25 bits per heavy atom. The van der Waals surface area contributed by atoms with Crippen LogP contribution in [0.25, 0.3) is 99.3 Å². The van der Waals surface area contributed by atoms with Crippen LogP contribution in [0.2, 0.25) is 0 Å². The Morgan fingerprint density at radius 1 is 0.654 bits per heavy atom. The van der Waals surface area contributed by atoms with Gasteiger partial charge in [-0.05, 0) is 54.2 Å². The Bertz CT molecular complexity index is 4010. The summed E-state index contributed by atoms with van der Waals surface area (Å²) in [6.45, 7) is 3.64. The first-order chi connectivity index (χ1) is 32.4. The molecule has 3 heterocycles. The minimum atomic E-state index is -0.701. The molecule has 0 fully saturated rings. The van der Waals surface area contributed by atoms with Gasteiger partial charge in [0.25, 0.3) is 0 Å². The summed E-state index contributed by atoms with van der Waals surface area (Å²) in [4.78, 5) is 14.3. The molecule has 0 aliphatic heterocycles. The van der Waals surface area contributed by atoms with Crippen LogP contribution in [0, 0.1) is 0 Å². The molecule has 246 valence electrons. The molecule has 0 unspecified atom stereocenters. The van der Waals surface area contributed by atoms with Gasteiger partial charge in [0, 0.05) is 55.4 Å². The molecule has 7 aromatic carbocycles. The molecular weight excluding hydrogens is 637 g/mol. The molecule has 0 bridgehead atoms. The topological polar surface area (TPSA) is 56.7 Å². The van der Waals surface area contributed by atoms with Gasteiger partial charge in [-0.25, -0.2) is 15.0 Å². The minimum Gasteiger partial charge on any atom is -0.456 e. The normalized spacial score (nSPS) is 16.8. The Labute approximate surface area is 322 Å². The summed E-state index contributed by atoms with van der Waals surface area (Å²) in [6, 6.07) is 2.25. The van der Waals surface area contributed by atoms with Crippen LogP contribution in [0.4, 0.5) is 0 Å². The van der Waals surface area contributed by atoms with Crippen molar-refractivity contribution in [1.29, 1.82) is 0 Å². The van der Waals surface area contributed by atoms with E-state index in [0.717, 1.165) is 0 Å². The average Bonchev–Trinajstić information content (AvgIpc) is 3.90. The molecular formula is C47H32N4O. The van der Waals surface area contributed by atoms with E-state index in [-0.39, 0.29) is 94.0 Å². The van der Waals surface area contributed by atoms with E-state index in [4.69, 9.17) is 33.1 Å². The highest BCUT2D eigenvalue weighted by Gasteiger charge is 2.21. The van der Waals surface area contributed by atoms with Crippen LogP contribution in [0.15, 0.2) is 162 Å². The smallest absolute Gasteiger partial charge is 0.164 e. The molecule has 0 radical (unpaired) electrons. The fourth-order valence-corrected chi connectivity index (χ4v) is 6.63. The van der Waals surface area contributed by atoms with Crippen LogP contribution in [0.3, 0.4) is 0 Å². The molecule has 0 amide bonds. The van der Waals surface area contributed by atoms with Crippen LogP contribution in [-0.2, 0) is 0 Å². The molecule has 0 spiro atoms.